The normalized spacial score (nSPS) is 10.6. The van der Waals surface area contributed by atoms with Crippen LogP contribution in [0.15, 0.2) is 77.2 Å². The summed E-state index contributed by atoms with van der Waals surface area (Å²) in [6.45, 7) is -0.259. The van der Waals surface area contributed by atoms with Gasteiger partial charge >= 0.3 is 0 Å². The van der Waals surface area contributed by atoms with Gasteiger partial charge < -0.3 is 24.5 Å². The summed E-state index contributed by atoms with van der Waals surface area (Å²) in [4.78, 5) is 25.5. The van der Waals surface area contributed by atoms with Gasteiger partial charge in [0.2, 0.25) is 5.76 Å². The molecular formula is C24H19ClN2O5. The number of hydrogen-bond donors (Lipinski definition) is 2. The maximum absolute atomic E-state index is 12.9. The second-order valence-electron chi connectivity index (χ2n) is 6.78. The van der Waals surface area contributed by atoms with E-state index in [4.69, 9.17) is 25.5 Å². The van der Waals surface area contributed by atoms with E-state index in [9.17, 15) is 9.59 Å². The van der Waals surface area contributed by atoms with Crippen molar-refractivity contribution in [2.24, 2.45) is 0 Å². The third-order valence-electron chi connectivity index (χ3n) is 4.58. The summed E-state index contributed by atoms with van der Waals surface area (Å²) in [7, 11) is 1.55. The van der Waals surface area contributed by atoms with E-state index in [1.54, 1.807) is 79.9 Å². The first-order valence-electron chi connectivity index (χ1n) is 9.68. The summed E-state index contributed by atoms with van der Waals surface area (Å²) in [5, 5.41) is 6.63. The molecule has 4 rings (SSSR count). The molecule has 0 saturated carbocycles. The molecule has 7 nitrogen and oxygen atoms in total. The van der Waals surface area contributed by atoms with Crippen LogP contribution in [0.4, 0.5) is 11.4 Å². The number of benzene rings is 3. The number of hydrogen-bond acceptors (Lipinski definition) is 5. The first-order valence-corrected chi connectivity index (χ1v) is 10.1. The fourth-order valence-electron chi connectivity index (χ4n) is 3.07. The van der Waals surface area contributed by atoms with Gasteiger partial charge in [-0.15, -0.1) is 0 Å². The van der Waals surface area contributed by atoms with Crippen molar-refractivity contribution in [3.8, 4) is 11.5 Å². The number of anilines is 2. The van der Waals surface area contributed by atoms with E-state index in [1.165, 1.54) is 0 Å². The van der Waals surface area contributed by atoms with E-state index in [1.807, 2.05) is 0 Å². The number of ether oxygens (including phenoxy) is 2. The average molecular weight is 451 g/mol. The summed E-state index contributed by atoms with van der Waals surface area (Å²) in [6.07, 6.45) is 0. The van der Waals surface area contributed by atoms with Gasteiger partial charge in [0, 0.05) is 22.2 Å². The SMILES string of the molecule is COc1cccc(OCC(=O)Nc2c(C(=O)Nc3ccc(Cl)cc3)oc3ccccc23)c1. The minimum absolute atomic E-state index is 0.0177. The molecule has 0 atom stereocenters. The summed E-state index contributed by atoms with van der Waals surface area (Å²) in [5.74, 6) is 0.130. The Morgan fingerprint density at radius 3 is 2.47 bits per heavy atom. The molecule has 2 N–H and O–H groups in total. The number of methoxy groups -OCH3 is 1. The lowest BCUT2D eigenvalue weighted by molar-refractivity contribution is -0.118. The van der Waals surface area contributed by atoms with E-state index in [2.05, 4.69) is 10.6 Å². The zero-order valence-corrected chi connectivity index (χ0v) is 17.8. The van der Waals surface area contributed by atoms with Gasteiger partial charge in [-0.1, -0.05) is 29.8 Å². The highest BCUT2D eigenvalue weighted by molar-refractivity contribution is 6.30. The molecule has 0 fully saturated rings. The van der Waals surface area contributed by atoms with Gasteiger partial charge in [0.05, 0.1) is 7.11 Å². The van der Waals surface area contributed by atoms with E-state index < -0.39 is 11.8 Å². The number of carbonyl (C=O) groups is 2. The van der Waals surface area contributed by atoms with Crippen molar-refractivity contribution in [1.29, 1.82) is 0 Å². The molecule has 32 heavy (non-hydrogen) atoms. The Morgan fingerprint density at radius 2 is 1.69 bits per heavy atom. The Hall–Kier alpha value is -3.97. The Balaban J connectivity index is 1.53. The molecule has 0 unspecified atom stereocenters. The molecule has 8 heteroatoms. The van der Waals surface area contributed by atoms with Gasteiger partial charge in [0.1, 0.15) is 22.8 Å². The molecule has 1 aromatic heterocycles. The maximum atomic E-state index is 12.9. The number of halogens is 1. The Bertz CT molecular complexity index is 1270. The fourth-order valence-corrected chi connectivity index (χ4v) is 3.19. The van der Waals surface area contributed by atoms with E-state index in [0.29, 0.717) is 33.2 Å². The van der Waals surface area contributed by atoms with Crippen LogP contribution in [0.1, 0.15) is 10.6 Å². The smallest absolute Gasteiger partial charge is 0.293 e. The summed E-state index contributed by atoms with van der Waals surface area (Å²) in [5.41, 5.74) is 1.28. The molecule has 0 aliphatic heterocycles. The molecule has 0 spiro atoms. The summed E-state index contributed by atoms with van der Waals surface area (Å²) in [6, 6.07) is 20.6. The van der Waals surface area contributed by atoms with Gasteiger partial charge in [-0.2, -0.15) is 0 Å². The largest absolute Gasteiger partial charge is 0.497 e. The third-order valence-corrected chi connectivity index (χ3v) is 4.83. The molecule has 2 amide bonds. The van der Waals surface area contributed by atoms with Crippen LogP contribution >= 0.6 is 11.6 Å². The molecule has 0 aliphatic carbocycles. The van der Waals surface area contributed by atoms with Crippen LogP contribution in [-0.4, -0.2) is 25.5 Å². The topological polar surface area (TPSA) is 89.8 Å². The zero-order valence-electron chi connectivity index (χ0n) is 17.1. The molecular weight excluding hydrogens is 432 g/mol. The van der Waals surface area contributed by atoms with Crippen LogP contribution in [0.25, 0.3) is 11.0 Å². The van der Waals surface area contributed by atoms with Gasteiger partial charge in [-0.3, -0.25) is 9.59 Å². The fraction of sp³-hybridized carbons (Fsp3) is 0.0833. The second-order valence-corrected chi connectivity index (χ2v) is 7.22. The standard InChI is InChI=1S/C24H19ClN2O5/c1-30-17-5-4-6-18(13-17)31-14-21(28)27-22-19-7-2-3-8-20(19)32-23(22)24(29)26-16-11-9-15(25)10-12-16/h2-13H,14H2,1H3,(H,26,29)(H,27,28). The Morgan fingerprint density at radius 1 is 0.938 bits per heavy atom. The predicted molar refractivity (Wildman–Crippen MR) is 123 cm³/mol. The van der Waals surface area contributed by atoms with E-state index in [-0.39, 0.29) is 18.1 Å². The average Bonchev–Trinajstić information content (AvgIpc) is 3.18. The van der Waals surface area contributed by atoms with Crippen LogP contribution in [0.2, 0.25) is 5.02 Å². The van der Waals surface area contributed by atoms with E-state index in [0.717, 1.165) is 0 Å². The zero-order chi connectivity index (χ0) is 22.5. The van der Waals surface area contributed by atoms with Crippen molar-refractivity contribution >= 4 is 45.8 Å². The lowest BCUT2D eigenvalue weighted by Crippen LogP contribution is -2.22. The van der Waals surface area contributed by atoms with Crippen molar-refractivity contribution in [2.75, 3.05) is 24.4 Å². The first kappa shape index (κ1) is 21.3. The number of rotatable bonds is 7. The van der Waals surface area contributed by atoms with Gasteiger partial charge in [0.25, 0.3) is 11.8 Å². The van der Waals surface area contributed by atoms with Crippen molar-refractivity contribution < 1.29 is 23.5 Å². The molecule has 1 heterocycles. The molecule has 3 aromatic carbocycles. The highest BCUT2D eigenvalue weighted by atomic mass is 35.5. The molecule has 0 aliphatic rings. The monoisotopic (exact) mass is 450 g/mol. The van der Waals surface area contributed by atoms with Gasteiger partial charge in [-0.25, -0.2) is 0 Å². The molecule has 0 bridgehead atoms. The second kappa shape index (κ2) is 9.45. The van der Waals surface area contributed by atoms with E-state index >= 15 is 0 Å². The number of nitrogens with one attached hydrogen (secondary N) is 2. The minimum atomic E-state index is -0.507. The van der Waals surface area contributed by atoms with Gasteiger partial charge in [-0.05, 0) is 48.5 Å². The van der Waals surface area contributed by atoms with Crippen molar-refractivity contribution in [3.63, 3.8) is 0 Å². The van der Waals surface area contributed by atoms with Crippen molar-refractivity contribution in [1.82, 2.24) is 0 Å². The van der Waals surface area contributed by atoms with Crippen molar-refractivity contribution in [2.45, 2.75) is 0 Å². The lowest BCUT2D eigenvalue weighted by Gasteiger charge is -2.09. The Labute approximate surface area is 188 Å². The van der Waals surface area contributed by atoms with Crippen LogP contribution in [0.5, 0.6) is 11.5 Å². The van der Waals surface area contributed by atoms with Crippen LogP contribution < -0.4 is 20.1 Å². The van der Waals surface area contributed by atoms with Crippen LogP contribution in [-0.2, 0) is 4.79 Å². The summed E-state index contributed by atoms with van der Waals surface area (Å²) < 4.78 is 16.4. The molecule has 0 saturated heterocycles. The number of amides is 2. The molecule has 0 radical (unpaired) electrons. The number of furan rings is 1. The number of para-hydroxylation sites is 1. The van der Waals surface area contributed by atoms with Crippen LogP contribution in [0.3, 0.4) is 0 Å². The minimum Gasteiger partial charge on any atom is -0.497 e. The maximum Gasteiger partial charge on any atom is 0.293 e. The highest BCUT2D eigenvalue weighted by Gasteiger charge is 2.22. The lowest BCUT2D eigenvalue weighted by atomic mass is 10.2. The Kier molecular flexibility index (Phi) is 6.28. The van der Waals surface area contributed by atoms with Crippen LogP contribution in [0, 0.1) is 0 Å². The predicted octanol–water partition coefficient (Wildman–Crippen LogP) is 5.36. The number of carbonyl (C=O) groups excluding carboxylic acids is 2. The van der Waals surface area contributed by atoms with Gasteiger partial charge in [0.15, 0.2) is 6.61 Å². The first-order chi connectivity index (χ1) is 15.5. The molecule has 4 aromatic rings. The summed E-state index contributed by atoms with van der Waals surface area (Å²) >= 11 is 5.89. The quantitative estimate of drug-likeness (QED) is 0.395. The van der Waals surface area contributed by atoms with Crippen molar-refractivity contribution in [3.05, 3.63) is 83.6 Å². The molecule has 162 valence electrons. The third kappa shape index (κ3) is 4.84. The number of fused-ring (bicyclic) bond motifs is 1. The highest BCUT2D eigenvalue weighted by Crippen LogP contribution is 2.31.